The molecule has 3 N–H and O–H groups in total. The molecule has 1 heterocycles. The third-order valence-electron chi connectivity index (χ3n) is 3.20. The molecule has 6 heteroatoms. The van der Waals surface area contributed by atoms with E-state index in [0.717, 1.165) is 31.9 Å². The minimum atomic E-state index is -0.236. The first kappa shape index (κ1) is 17.6. The smallest absolute Gasteiger partial charge is 0.217 e. The van der Waals surface area contributed by atoms with E-state index in [1.165, 1.54) is 0 Å². The standard InChI is InChI=1S/C13H22N4O.ClH/c1-4-11(5-2)16-13(15-3)17-7-6-10(9-17)8-12(14)18;/h1,10-11H,5-9H2,2-3H3,(H2,14,18)(H,15,16);1H. The van der Waals surface area contributed by atoms with Gasteiger partial charge in [0.1, 0.15) is 0 Å². The van der Waals surface area contributed by atoms with Crippen LogP contribution in [0.15, 0.2) is 4.99 Å². The summed E-state index contributed by atoms with van der Waals surface area (Å²) in [6.45, 7) is 3.73. The second-order valence-electron chi connectivity index (χ2n) is 4.59. The number of likely N-dealkylation sites (tertiary alicyclic amines) is 1. The Morgan fingerprint density at radius 2 is 2.37 bits per heavy atom. The molecule has 1 aliphatic rings. The molecule has 0 aromatic carbocycles. The number of rotatable bonds is 4. The Morgan fingerprint density at radius 1 is 1.68 bits per heavy atom. The molecule has 1 amide bonds. The summed E-state index contributed by atoms with van der Waals surface area (Å²) in [6.07, 6.45) is 7.70. The van der Waals surface area contributed by atoms with Gasteiger partial charge in [0.25, 0.3) is 0 Å². The number of carbonyl (C=O) groups is 1. The number of hydrogen-bond donors (Lipinski definition) is 2. The van der Waals surface area contributed by atoms with E-state index in [4.69, 9.17) is 12.2 Å². The van der Waals surface area contributed by atoms with Crippen molar-refractivity contribution in [3.63, 3.8) is 0 Å². The molecule has 2 atom stereocenters. The molecule has 1 rings (SSSR count). The van der Waals surface area contributed by atoms with Crippen LogP contribution in [0.5, 0.6) is 0 Å². The maximum atomic E-state index is 10.9. The molecule has 0 aromatic rings. The fourth-order valence-corrected chi connectivity index (χ4v) is 2.19. The van der Waals surface area contributed by atoms with Crippen LogP contribution in [0.1, 0.15) is 26.2 Å². The number of carbonyl (C=O) groups excluding carboxylic acids is 1. The second-order valence-corrected chi connectivity index (χ2v) is 4.59. The van der Waals surface area contributed by atoms with Crippen LogP contribution in [0.2, 0.25) is 0 Å². The van der Waals surface area contributed by atoms with Gasteiger partial charge in [-0.1, -0.05) is 12.8 Å². The fourth-order valence-electron chi connectivity index (χ4n) is 2.19. The highest BCUT2D eigenvalue weighted by molar-refractivity contribution is 5.85. The quantitative estimate of drug-likeness (QED) is 0.451. The van der Waals surface area contributed by atoms with Gasteiger partial charge in [-0.25, -0.2) is 0 Å². The van der Waals surface area contributed by atoms with Crippen LogP contribution >= 0.6 is 12.4 Å². The van der Waals surface area contributed by atoms with Crippen molar-refractivity contribution in [2.75, 3.05) is 20.1 Å². The number of nitrogens with one attached hydrogen (secondary N) is 1. The molecular formula is C13H23ClN4O. The molecule has 19 heavy (non-hydrogen) atoms. The highest BCUT2D eigenvalue weighted by Gasteiger charge is 2.26. The van der Waals surface area contributed by atoms with Gasteiger partial charge in [-0.15, -0.1) is 18.8 Å². The molecule has 0 saturated carbocycles. The molecule has 2 unspecified atom stereocenters. The molecule has 1 fully saturated rings. The van der Waals surface area contributed by atoms with E-state index in [2.05, 4.69) is 21.1 Å². The second kappa shape index (κ2) is 8.65. The first-order chi connectivity index (χ1) is 8.60. The van der Waals surface area contributed by atoms with E-state index in [-0.39, 0.29) is 24.4 Å². The van der Waals surface area contributed by atoms with Crippen molar-refractivity contribution in [2.45, 2.75) is 32.2 Å². The minimum Gasteiger partial charge on any atom is -0.370 e. The highest BCUT2D eigenvalue weighted by Crippen LogP contribution is 2.19. The summed E-state index contributed by atoms with van der Waals surface area (Å²) in [4.78, 5) is 17.3. The van der Waals surface area contributed by atoms with Gasteiger partial charge in [0.05, 0.1) is 6.04 Å². The number of primary amides is 1. The highest BCUT2D eigenvalue weighted by atomic mass is 35.5. The summed E-state index contributed by atoms with van der Waals surface area (Å²) in [6, 6.07) is -0.00103. The van der Waals surface area contributed by atoms with Gasteiger partial charge in [0, 0.05) is 26.6 Å². The lowest BCUT2D eigenvalue weighted by molar-refractivity contribution is -0.118. The zero-order chi connectivity index (χ0) is 13.5. The van der Waals surface area contributed by atoms with E-state index in [0.29, 0.717) is 12.3 Å². The van der Waals surface area contributed by atoms with Crippen LogP contribution in [0.4, 0.5) is 0 Å². The average molecular weight is 287 g/mol. The topological polar surface area (TPSA) is 70.7 Å². The number of terminal acetylenes is 1. The Bertz CT molecular complexity index is 364. The Kier molecular flexibility index (Phi) is 8.01. The van der Waals surface area contributed by atoms with E-state index in [1.54, 1.807) is 7.05 Å². The van der Waals surface area contributed by atoms with Gasteiger partial charge >= 0.3 is 0 Å². The van der Waals surface area contributed by atoms with Crippen molar-refractivity contribution in [1.29, 1.82) is 0 Å². The zero-order valence-electron chi connectivity index (χ0n) is 11.6. The summed E-state index contributed by atoms with van der Waals surface area (Å²) < 4.78 is 0. The number of nitrogens with two attached hydrogens (primary N) is 1. The summed E-state index contributed by atoms with van der Waals surface area (Å²) in [5.41, 5.74) is 5.22. The summed E-state index contributed by atoms with van der Waals surface area (Å²) in [7, 11) is 1.74. The van der Waals surface area contributed by atoms with Gasteiger partial charge in [0.2, 0.25) is 5.91 Å². The number of nitrogens with zero attached hydrogens (tertiary/aromatic N) is 2. The van der Waals surface area contributed by atoms with E-state index in [1.807, 2.05) is 6.92 Å². The fraction of sp³-hybridized carbons (Fsp3) is 0.692. The lowest BCUT2D eigenvalue weighted by Gasteiger charge is -2.24. The van der Waals surface area contributed by atoms with Crippen LogP contribution in [-0.4, -0.2) is 42.9 Å². The maximum Gasteiger partial charge on any atom is 0.217 e. The predicted molar refractivity (Wildman–Crippen MR) is 80.1 cm³/mol. The molecule has 5 nitrogen and oxygen atoms in total. The van der Waals surface area contributed by atoms with E-state index >= 15 is 0 Å². The van der Waals surface area contributed by atoms with Crippen molar-refractivity contribution in [1.82, 2.24) is 10.2 Å². The first-order valence-corrected chi connectivity index (χ1v) is 6.33. The monoisotopic (exact) mass is 286 g/mol. The lowest BCUT2D eigenvalue weighted by Crippen LogP contribution is -2.44. The van der Waals surface area contributed by atoms with Crippen molar-refractivity contribution in [3.05, 3.63) is 0 Å². The number of amides is 1. The zero-order valence-corrected chi connectivity index (χ0v) is 12.4. The maximum absolute atomic E-state index is 10.9. The molecule has 1 saturated heterocycles. The SMILES string of the molecule is C#CC(CC)NC(=NC)N1CCC(CC(N)=O)C1.Cl. The normalized spacial score (nSPS) is 20.4. The Hall–Kier alpha value is -1.41. The first-order valence-electron chi connectivity index (χ1n) is 6.33. The van der Waals surface area contributed by atoms with Crippen molar-refractivity contribution in [2.24, 2.45) is 16.6 Å². The summed E-state index contributed by atoms with van der Waals surface area (Å²) >= 11 is 0. The van der Waals surface area contributed by atoms with Gasteiger partial charge < -0.3 is 16.0 Å². The van der Waals surface area contributed by atoms with Gasteiger partial charge in [-0.05, 0) is 18.8 Å². The third kappa shape index (κ3) is 5.39. The number of guanidine groups is 1. The number of halogens is 1. The minimum absolute atomic E-state index is 0. The predicted octanol–water partition coefficient (Wildman–Crippen LogP) is 0.593. The number of hydrogen-bond acceptors (Lipinski definition) is 2. The van der Waals surface area contributed by atoms with Gasteiger partial charge in [-0.3, -0.25) is 9.79 Å². The largest absolute Gasteiger partial charge is 0.370 e. The van der Waals surface area contributed by atoms with Crippen LogP contribution in [-0.2, 0) is 4.79 Å². The summed E-state index contributed by atoms with van der Waals surface area (Å²) in [5.74, 6) is 3.59. The molecule has 0 spiro atoms. The van der Waals surface area contributed by atoms with Gasteiger partial charge in [-0.2, -0.15) is 0 Å². The molecule has 0 aliphatic carbocycles. The Morgan fingerprint density at radius 3 is 2.84 bits per heavy atom. The molecule has 0 bridgehead atoms. The van der Waals surface area contributed by atoms with Gasteiger partial charge in [0.15, 0.2) is 5.96 Å². The molecule has 1 aliphatic heterocycles. The van der Waals surface area contributed by atoms with Crippen LogP contribution < -0.4 is 11.1 Å². The molecule has 108 valence electrons. The van der Waals surface area contributed by atoms with Crippen LogP contribution in [0.25, 0.3) is 0 Å². The Balaban J connectivity index is 0.00000324. The van der Waals surface area contributed by atoms with E-state index < -0.39 is 0 Å². The third-order valence-corrected chi connectivity index (χ3v) is 3.20. The van der Waals surface area contributed by atoms with Crippen molar-refractivity contribution in [3.8, 4) is 12.3 Å². The van der Waals surface area contributed by atoms with E-state index in [9.17, 15) is 4.79 Å². The summed E-state index contributed by atoms with van der Waals surface area (Å²) in [5, 5.41) is 3.24. The molecule has 0 radical (unpaired) electrons. The van der Waals surface area contributed by atoms with Crippen molar-refractivity contribution < 1.29 is 4.79 Å². The van der Waals surface area contributed by atoms with Crippen LogP contribution in [0, 0.1) is 18.3 Å². The average Bonchev–Trinajstić information content (AvgIpc) is 2.78. The molecular weight excluding hydrogens is 264 g/mol. The number of aliphatic imine (C=N–C) groups is 1. The van der Waals surface area contributed by atoms with Crippen molar-refractivity contribution >= 4 is 24.3 Å². The van der Waals surface area contributed by atoms with Crippen LogP contribution in [0.3, 0.4) is 0 Å². The molecule has 0 aromatic heterocycles. The lowest BCUT2D eigenvalue weighted by atomic mass is 10.1. The Labute approximate surface area is 121 Å².